The molecule has 0 aliphatic rings. The van der Waals surface area contributed by atoms with E-state index >= 15 is 0 Å². The fraction of sp³-hybridized carbons (Fsp3) is 0.0476. The van der Waals surface area contributed by atoms with Crippen LogP contribution in [0.25, 0.3) is 0 Å². The standard InChI is InChI=1S/C21H18N4O5/c1-3-18(26)23-13-6-5-9-16(11-13)30-19-17(20(27)28)12-22-21(25-19)24-14-7-4-8-15(10-14)29-2/h3-12H,1H2,2H3,(H,23,26)(H,27,28)(H,22,24,25). The first-order valence-corrected chi connectivity index (χ1v) is 8.71. The van der Waals surface area contributed by atoms with Crippen molar-refractivity contribution in [2.75, 3.05) is 17.7 Å². The molecule has 0 unspecified atom stereocenters. The maximum absolute atomic E-state index is 11.6. The predicted octanol–water partition coefficient (Wildman–Crippen LogP) is 3.84. The number of ether oxygens (including phenoxy) is 2. The first-order valence-electron chi connectivity index (χ1n) is 8.71. The minimum atomic E-state index is -1.24. The van der Waals surface area contributed by atoms with Gasteiger partial charge in [0, 0.05) is 23.5 Å². The number of nitrogens with one attached hydrogen (secondary N) is 2. The zero-order valence-electron chi connectivity index (χ0n) is 16.0. The number of rotatable bonds is 8. The number of aromatic carboxylic acids is 1. The molecule has 0 aliphatic heterocycles. The van der Waals surface area contributed by atoms with Gasteiger partial charge in [0.15, 0.2) is 0 Å². The van der Waals surface area contributed by atoms with E-state index in [1.807, 2.05) is 0 Å². The molecule has 9 heteroatoms. The van der Waals surface area contributed by atoms with Gasteiger partial charge < -0.3 is 25.2 Å². The van der Waals surface area contributed by atoms with Crippen LogP contribution in [0.1, 0.15) is 10.4 Å². The number of aromatic nitrogens is 2. The molecule has 9 nitrogen and oxygen atoms in total. The molecule has 0 atom stereocenters. The van der Waals surface area contributed by atoms with Crippen LogP contribution in [0.3, 0.4) is 0 Å². The van der Waals surface area contributed by atoms with E-state index in [4.69, 9.17) is 9.47 Å². The third-order valence-electron chi connectivity index (χ3n) is 3.81. The normalized spacial score (nSPS) is 10.0. The highest BCUT2D eigenvalue weighted by Crippen LogP contribution is 2.27. The third kappa shape index (κ3) is 5.10. The van der Waals surface area contributed by atoms with E-state index in [0.29, 0.717) is 17.1 Å². The molecule has 2 aromatic carbocycles. The summed E-state index contributed by atoms with van der Waals surface area (Å²) >= 11 is 0. The van der Waals surface area contributed by atoms with Crippen molar-refractivity contribution in [2.24, 2.45) is 0 Å². The summed E-state index contributed by atoms with van der Waals surface area (Å²) in [5.74, 6) is -0.726. The minimum Gasteiger partial charge on any atom is -0.497 e. The van der Waals surface area contributed by atoms with E-state index < -0.39 is 5.97 Å². The van der Waals surface area contributed by atoms with Crippen LogP contribution in [0.15, 0.2) is 67.4 Å². The Morgan fingerprint density at radius 1 is 1.10 bits per heavy atom. The van der Waals surface area contributed by atoms with Crippen LogP contribution >= 0.6 is 0 Å². The first-order chi connectivity index (χ1) is 14.5. The van der Waals surface area contributed by atoms with Crippen LogP contribution in [0, 0.1) is 0 Å². The Bertz CT molecular complexity index is 1100. The molecular weight excluding hydrogens is 388 g/mol. The lowest BCUT2D eigenvalue weighted by molar-refractivity contribution is -0.111. The van der Waals surface area contributed by atoms with Crippen LogP contribution in [-0.2, 0) is 4.79 Å². The van der Waals surface area contributed by atoms with Gasteiger partial charge in [-0.15, -0.1) is 0 Å². The van der Waals surface area contributed by atoms with E-state index in [2.05, 4.69) is 27.2 Å². The lowest BCUT2D eigenvalue weighted by Gasteiger charge is -2.11. The molecule has 30 heavy (non-hydrogen) atoms. The lowest BCUT2D eigenvalue weighted by atomic mass is 10.3. The zero-order chi connectivity index (χ0) is 21.5. The van der Waals surface area contributed by atoms with Gasteiger partial charge in [-0.25, -0.2) is 9.78 Å². The van der Waals surface area contributed by atoms with Gasteiger partial charge in [-0.2, -0.15) is 4.98 Å². The number of methoxy groups -OCH3 is 1. The SMILES string of the molecule is C=CC(=O)Nc1cccc(Oc2nc(Nc3cccc(OC)c3)ncc2C(=O)O)c1. The molecule has 0 aliphatic carbocycles. The van der Waals surface area contributed by atoms with Crippen LogP contribution in [0.4, 0.5) is 17.3 Å². The quantitative estimate of drug-likeness (QED) is 0.482. The maximum atomic E-state index is 11.6. The van der Waals surface area contributed by atoms with Crippen molar-refractivity contribution in [3.05, 3.63) is 72.9 Å². The van der Waals surface area contributed by atoms with E-state index in [1.54, 1.807) is 49.6 Å². The average Bonchev–Trinajstić information content (AvgIpc) is 2.74. The van der Waals surface area contributed by atoms with Crippen molar-refractivity contribution in [3.63, 3.8) is 0 Å². The number of anilines is 3. The van der Waals surface area contributed by atoms with Gasteiger partial charge in [-0.1, -0.05) is 18.7 Å². The number of benzene rings is 2. The smallest absolute Gasteiger partial charge is 0.342 e. The summed E-state index contributed by atoms with van der Waals surface area (Å²) in [6.07, 6.45) is 2.29. The Labute approximate surface area is 172 Å². The summed E-state index contributed by atoms with van der Waals surface area (Å²) < 4.78 is 10.8. The number of amides is 1. The van der Waals surface area contributed by atoms with Crippen LogP contribution in [0.5, 0.6) is 17.4 Å². The largest absolute Gasteiger partial charge is 0.497 e. The van der Waals surface area contributed by atoms with Gasteiger partial charge in [0.25, 0.3) is 0 Å². The molecule has 1 amide bonds. The van der Waals surface area contributed by atoms with E-state index in [1.165, 1.54) is 6.07 Å². The molecule has 0 saturated heterocycles. The van der Waals surface area contributed by atoms with Crippen molar-refractivity contribution in [2.45, 2.75) is 0 Å². The third-order valence-corrected chi connectivity index (χ3v) is 3.81. The molecular formula is C21H18N4O5. The zero-order valence-corrected chi connectivity index (χ0v) is 16.0. The summed E-state index contributed by atoms with van der Waals surface area (Å²) in [6.45, 7) is 3.39. The number of carbonyl (C=O) groups excluding carboxylic acids is 1. The van der Waals surface area contributed by atoms with E-state index in [0.717, 1.165) is 12.3 Å². The molecule has 0 saturated carbocycles. The summed E-state index contributed by atoms with van der Waals surface area (Å²) in [5, 5.41) is 15.0. The van der Waals surface area contributed by atoms with Gasteiger partial charge in [-0.05, 0) is 30.3 Å². The second-order valence-electron chi connectivity index (χ2n) is 5.90. The number of carboxylic acids is 1. The molecule has 0 spiro atoms. The number of hydrogen-bond donors (Lipinski definition) is 3. The molecule has 3 aromatic rings. The number of nitrogens with zero attached hydrogens (tertiary/aromatic N) is 2. The highest BCUT2D eigenvalue weighted by Gasteiger charge is 2.16. The number of hydrogen-bond acceptors (Lipinski definition) is 7. The Balaban J connectivity index is 1.88. The second kappa shape index (κ2) is 9.20. The van der Waals surface area contributed by atoms with Crippen LogP contribution < -0.4 is 20.1 Å². The molecule has 0 radical (unpaired) electrons. The van der Waals surface area contributed by atoms with Gasteiger partial charge in [0.2, 0.25) is 17.7 Å². The summed E-state index contributed by atoms with van der Waals surface area (Å²) in [4.78, 5) is 31.2. The molecule has 152 valence electrons. The van der Waals surface area contributed by atoms with Crippen molar-refractivity contribution in [1.29, 1.82) is 0 Å². The van der Waals surface area contributed by atoms with Crippen molar-refractivity contribution >= 4 is 29.2 Å². The molecule has 1 aromatic heterocycles. The van der Waals surface area contributed by atoms with Crippen molar-refractivity contribution in [3.8, 4) is 17.4 Å². The molecule has 3 rings (SSSR count). The van der Waals surface area contributed by atoms with Gasteiger partial charge in [0.05, 0.1) is 13.3 Å². The minimum absolute atomic E-state index is 0.138. The molecule has 0 fully saturated rings. The average molecular weight is 406 g/mol. The van der Waals surface area contributed by atoms with Gasteiger partial charge >= 0.3 is 5.97 Å². The molecule has 3 N–H and O–H groups in total. The fourth-order valence-corrected chi connectivity index (χ4v) is 2.42. The predicted molar refractivity (Wildman–Crippen MR) is 111 cm³/mol. The Hall–Kier alpha value is -4.40. The molecule has 0 bridgehead atoms. The number of carboxylic acid groups (broad SMARTS) is 1. The summed E-state index contributed by atoms with van der Waals surface area (Å²) in [7, 11) is 1.55. The Kier molecular flexibility index (Phi) is 6.23. The van der Waals surface area contributed by atoms with Gasteiger partial charge in [-0.3, -0.25) is 4.79 Å². The van der Waals surface area contributed by atoms with Crippen LogP contribution in [-0.4, -0.2) is 34.1 Å². The van der Waals surface area contributed by atoms with Crippen molar-refractivity contribution < 1.29 is 24.2 Å². The fourth-order valence-electron chi connectivity index (χ4n) is 2.42. The summed E-state index contributed by atoms with van der Waals surface area (Å²) in [6, 6.07) is 13.5. The number of carbonyl (C=O) groups is 2. The highest BCUT2D eigenvalue weighted by atomic mass is 16.5. The van der Waals surface area contributed by atoms with Crippen LogP contribution in [0.2, 0.25) is 0 Å². The Morgan fingerprint density at radius 3 is 2.50 bits per heavy atom. The second-order valence-corrected chi connectivity index (χ2v) is 5.90. The van der Waals surface area contributed by atoms with E-state index in [-0.39, 0.29) is 29.0 Å². The topological polar surface area (TPSA) is 123 Å². The highest BCUT2D eigenvalue weighted by molar-refractivity contribution is 5.99. The monoisotopic (exact) mass is 406 g/mol. The van der Waals surface area contributed by atoms with Gasteiger partial charge in [0.1, 0.15) is 17.1 Å². The van der Waals surface area contributed by atoms with E-state index in [9.17, 15) is 14.7 Å². The maximum Gasteiger partial charge on any atom is 0.342 e. The molecule has 1 heterocycles. The lowest BCUT2D eigenvalue weighted by Crippen LogP contribution is -2.08. The summed E-state index contributed by atoms with van der Waals surface area (Å²) in [5.41, 5.74) is 0.891. The Morgan fingerprint density at radius 2 is 1.80 bits per heavy atom. The first kappa shape index (κ1) is 20.3. The van der Waals surface area contributed by atoms with Crippen molar-refractivity contribution in [1.82, 2.24) is 9.97 Å².